The van der Waals surface area contributed by atoms with Crippen LogP contribution >= 0.6 is 15.9 Å². The molecule has 4 heteroatoms. The van der Waals surface area contributed by atoms with Crippen molar-refractivity contribution in [3.63, 3.8) is 0 Å². The molecule has 1 aromatic carbocycles. The first-order chi connectivity index (χ1) is 8.54. The molecule has 0 N–H and O–H groups in total. The van der Waals surface area contributed by atoms with Crippen molar-refractivity contribution in [3.05, 3.63) is 34.3 Å². The molecule has 0 saturated heterocycles. The third kappa shape index (κ3) is 4.88. The zero-order valence-corrected chi connectivity index (χ0v) is 12.7. The molecule has 0 aliphatic heterocycles. The highest BCUT2D eigenvalue weighted by atomic mass is 79.9. The third-order valence-corrected chi connectivity index (χ3v) is 3.30. The Morgan fingerprint density at radius 1 is 1.44 bits per heavy atom. The molecule has 0 aromatic heterocycles. The number of ketones is 1. The van der Waals surface area contributed by atoms with E-state index in [9.17, 15) is 4.79 Å². The first kappa shape index (κ1) is 15.3. The van der Waals surface area contributed by atoms with E-state index in [0.29, 0.717) is 19.2 Å². The Morgan fingerprint density at radius 3 is 2.72 bits per heavy atom. The molecule has 0 unspecified atom stereocenters. The lowest BCUT2D eigenvalue weighted by Crippen LogP contribution is -2.38. The van der Waals surface area contributed by atoms with Crippen LogP contribution in [0.5, 0.6) is 0 Å². The number of rotatable bonds is 7. The largest absolute Gasteiger partial charge is 0.383 e. The number of nitrogens with zero attached hydrogens (tertiary/aromatic N) is 1. The SMILES string of the molecule is COCCN(CC(=O)c1cccc(Br)c1)C(C)C. The van der Waals surface area contributed by atoms with Crippen molar-refractivity contribution in [2.45, 2.75) is 19.9 Å². The molecule has 0 heterocycles. The maximum atomic E-state index is 12.2. The molecule has 3 nitrogen and oxygen atoms in total. The molecular formula is C14H20BrNO2. The molecule has 0 saturated carbocycles. The Labute approximate surface area is 117 Å². The van der Waals surface area contributed by atoms with E-state index in [1.807, 2.05) is 24.3 Å². The van der Waals surface area contributed by atoms with Gasteiger partial charge in [0.2, 0.25) is 0 Å². The average Bonchev–Trinajstić information content (AvgIpc) is 2.33. The number of benzene rings is 1. The fraction of sp³-hybridized carbons (Fsp3) is 0.500. The molecule has 1 rings (SSSR count). The van der Waals surface area contributed by atoms with Gasteiger partial charge < -0.3 is 4.74 Å². The lowest BCUT2D eigenvalue weighted by molar-refractivity contribution is 0.0852. The minimum absolute atomic E-state index is 0.140. The van der Waals surface area contributed by atoms with Gasteiger partial charge in [0.1, 0.15) is 0 Å². The van der Waals surface area contributed by atoms with Crippen molar-refractivity contribution in [2.24, 2.45) is 0 Å². The summed E-state index contributed by atoms with van der Waals surface area (Å²) in [6.45, 7) is 6.02. The highest BCUT2D eigenvalue weighted by Crippen LogP contribution is 2.13. The highest BCUT2D eigenvalue weighted by molar-refractivity contribution is 9.10. The van der Waals surface area contributed by atoms with Crippen LogP contribution in [0.2, 0.25) is 0 Å². The van der Waals surface area contributed by atoms with Gasteiger partial charge in [0, 0.05) is 29.7 Å². The topological polar surface area (TPSA) is 29.5 Å². The molecule has 1 aromatic rings. The average molecular weight is 314 g/mol. The van der Waals surface area contributed by atoms with E-state index in [2.05, 4.69) is 34.7 Å². The fourth-order valence-corrected chi connectivity index (χ4v) is 2.07. The highest BCUT2D eigenvalue weighted by Gasteiger charge is 2.15. The van der Waals surface area contributed by atoms with E-state index in [-0.39, 0.29) is 5.78 Å². The number of Topliss-reactive ketones (excluding diaryl/α,β-unsaturated/α-hetero) is 1. The van der Waals surface area contributed by atoms with Gasteiger partial charge in [0.25, 0.3) is 0 Å². The Morgan fingerprint density at radius 2 is 2.17 bits per heavy atom. The van der Waals surface area contributed by atoms with Gasteiger partial charge in [-0.1, -0.05) is 28.1 Å². The summed E-state index contributed by atoms with van der Waals surface area (Å²) in [6, 6.07) is 7.84. The summed E-state index contributed by atoms with van der Waals surface area (Å²) in [4.78, 5) is 14.3. The van der Waals surface area contributed by atoms with Crippen LogP contribution < -0.4 is 0 Å². The van der Waals surface area contributed by atoms with Gasteiger partial charge in [-0.25, -0.2) is 0 Å². The molecule has 0 atom stereocenters. The Hall–Kier alpha value is -0.710. The molecule has 100 valence electrons. The van der Waals surface area contributed by atoms with Gasteiger partial charge in [-0.05, 0) is 26.0 Å². The van der Waals surface area contributed by atoms with Crippen molar-refractivity contribution in [1.29, 1.82) is 0 Å². The van der Waals surface area contributed by atoms with Crippen LogP contribution in [0.15, 0.2) is 28.7 Å². The first-order valence-electron chi connectivity index (χ1n) is 6.06. The first-order valence-corrected chi connectivity index (χ1v) is 6.85. The van der Waals surface area contributed by atoms with Crippen LogP contribution in [0.1, 0.15) is 24.2 Å². The Bertz CT molecular complexity index is 393. The van der Waals surface area contributed by atoms with Crippen LogP contribution in [0.3, 0.4) is 0 Å². The van der Waals surface area contributed by atoms with Crippen molar-refractivity contribution in [3.8, 4) is 0 Å². The van der Waals surface area contributed by atoms with Gasteiger partial charge in [-0.3, -0.25) is 9.69 Å². The summed E-state index contributed by atoms with van der Waals surface area (Å²) in [5.41, 5.74) is 0.743. The second-order valence-electron chi connectivity index (χ2n) is 4.49. The zero-order chi connectivity index (χ0) is 13.5. The molecule has 0 aliphatic rings. The summed E-state index contributed by atoms with van der Waals surface area (Å²) in [5.74, 6) is 0.140. The summed E-state index contributed by atoms with van der Waals surface area (Å²) in [7, 11) is 1.68. The van der Waals surface area contributed by atoms with E-state index in [1.54, 1.807) is 7.11 Å². The predicted octanol–water partition coefficient (Wildman–Crippen LogP) is 2.99. The monoisotopic (exact) mass is 313 g/mol. The zero-order valence-electron chi connectivity index (χ0n) is 11.1. The van der Waals surface area contributed by atoms with E-state index in [0.717, 1.165) is 16.6 Å². The predicted molar refractivity (Wildman–Crippen MR) is 77.1 cm³/mol. The van der Waals surface area contributed by atoms with Crippen molar-refractivity contribution < 1.29 is 9.53 Å². The number of halogens is 1. The van der Waals surface area contributed by atoms with Gasteiger partial charge in [-0.15, -0.1) is 0 Å². The number of ether oxygens (including phenoxy) is 1. The minimum atomic E-state index is 0.140. The Kier molecular flexibility index (Phi) is 6.54. The maximum absolute atomic E-state index is 12.2. The fourth-order valence-electron chi connectivity index (χ4n) is 1.67. The molecule has 0 aliphatic carbocycles. The minimum Gasteiger partial charge on any atom is -0.383 e. The van der Waals surface area contributed by atoms with Gasteiger partial charge in [0.05, 0.1) is 13.2 Å². The van der Waals surface area contributed by atoms with Crippen LogP contribution in [0, 0.1) is 0 Å². The molecule has 18 heavy (non-hydrogen) atoms. The van der Waals surface area contributed by atoms with Crippen molar-refractivity contribution in [2.75, 3.05) is 26.8 Å². The second kappa shape index (κ2) is 7.67. The summed E-state index contributed by atoms with van der Waals surface area (Å²) < 4.78 is 6.00. The molecule has 0 amide bonds. The normalized spacial score (nSPS) is 11.2. The summed E-state index contributed by atoms with van der Waals surface area (Å²) >= 11 is 3.38. The van der Waals surface area contributed by atoms with E-state index in [4.69, 9.17) is 4.74 Å². The number of hydrogen-bond acceptors (Lipinski definition) is 3. The molecule has 0 spiro atoms. The number of carbonyl (C=O) groups excluding carboxylic acids is 1. The van der Waals surface area contributed by atoms with E-state index in [1.165, 1.54) is 0 Å². The van der Waals surface area contributed by atoms with Crippen LogP contribution in [-0.4, -0.2) is 43.5 Å². The lowest BCUT2D eigenvalue weighted by atomic mass is 10.1. The number of hydrogen-bond donors (Lipinski definition) is 0. The van der Waals surface area contributed by atoms with Crippen LogP contribution in [-0.2, 0) is 4.74 Å². The van der Waals surface area contributed by atoms with Crippen LogP contribution in [0.4, 0.5) is 0 Å². The standard InChI is InChI=1S/C14H20BrNO2/c1-11(2)16(7-8-18-3)10-14(17)12-5-4-6-13(15)9-12/h4-6,9,11H,7-8,10H2,1-3H3. The number of carbonyl (C=O) groups is 1. The van der Waals surface area contributed by atoms with Crippen LogP contribution in [0.25, 0.3) is 0 Å². The smallest absolute Gasteiger partial charge is 0.176 e. The number of methoxy groups -OCH3 is 1. The Balaban J connectivity index is 2.66. The van der Waals surface area contributed by atoms with E-state index >= 15 is 0 Å². The van der Waals surface area contributed by atoms with Gasteiger partial charge >= 0.3 is 0 Å². The molecule has 0 bridgehead atoms. The maximum Gasteiger partial charge on any atom is 0.176 e. The lowest BCUT2D eigenvalue weighted by Gasteiger charge is -2.25. The quantitative estimate of drug-likeness (QED) is 0.725. The van der Waals surface area contributed by atoms with Crippen molar-refractivity contribution in [1.82, 2.24) is 4.90 Å². The molecule has 0 radical (unpaired) electrons. The van der Waals surface area contributed by atoms with Gasteiger partial charge in [0.15, 0.2) is 5.78 Å². The second-order valence-corrected chi connectivity index (χ2v) is 5.41. The summed E-state index contributed by atoms with van der Waals surface area (Å²) in [6.07, 6.45) is 0. The van der Waals surface area contributed by atoms with Gasteiger partial charge in [-0.2, -0.15) is 0 Å². The van der Waals surface area contributed by atoms with Crippen molar-refractivity contribution >= 4 is 21.7 Å². The third-order valence-electron chi connectivity index (χ3n) is 2.81. The summed E-state index contributed by atoms with van der Waals surface area (Å²) in [5, 5.41) is 0. The van der Waals surface area contributed by atoms with E-state index < -0.39 is 0 Å². The molecular weight excluding hydrogens is 294 g/mol. The molecule has 0 fully saturated rings.